The zero-order valence-corrected chi connectivity index (χ0v) is 21.8. The van der Waals surface area contributed by atoms with Gasteiger partial charge < -0.3 is 14.5 Å². The first-order chi connectivity index (χ1) is 17.1. The zero-order valence-electron chi connectivity index (χ0n) is 21.0. The van der Waals surface area contributed by atoms with Gasteiger partial charge in [-0.1, -0.05) is 6.42 Å². The van der Waals surface area contributed by atoms with Crippen LogP contribution in [0.15, 0.2) is 24.5 Å². The Labute approximate surface area is 214 Å². The summed E-state index contributed by atoms with van der Waals surface area (Å²) >= 11 is 1.28. The van der Waals surface area contributed by atoms with Crippen LogP contribution in [0.3, 0.4) is 0 Å². The Morgan fingerprint density at radius 1 is 1.19 bits per heavy atom. The molecule has 2 aromatic rings. The van der Waals surface area contributed by atoms with Crippen LogP contribution in [0.5, 0.6) is 0 Å². The Morgan fingerprint density at radius 2 is 1.89 bits per heavy atom. The minimum Gasteiger partial charge on any atom is -0.347 e. The number of piperidine rings is 1. The Kier molecular flexibility index (Phi) is 9.66. The Hall–Kier alpha value is -2.73. The number of hydrogen-bond acceptors (Lipinski definition) is 6. The van der Waals surface area contributed by atoms with Crippen LogP contribution in [0.1, 0.15) is 45.1 Å². The third-order valence-corrected chi connectivity index (χ3v) is 7.52. The molecular formula is C24H33F3N6O2S. The SMILES string of the molecule is CC1CC(NC=O)C(=O)N1Cc1cnn(C)c1.CC1CCCCN1SN(C)c1c(F)cc(F)cc1F. The molecule has 3 heterocycles. The van der Waals surface area contributed by atoms with Crippen LogP contribution in [0.2, 0.25) is 0 Å². The van der Waals surface area contributed by atoms with Crippen molar-refractivity contribution >= 4 is 30.1 Å². The third kappa shape index (κ3) is 6.94. The number of hydrogen-bond donors (Lipinski definition) is 1. The van der Waals surface area contributed by atoms with Crippen molar-refractivity contribution in [3.8, 4) is 0 Å². The minimum atomic E-state index is -0.900. The van der Waals surface area contributed by atoms with E-state index in [4.69, 9.17) is 0 Å². The van der Waals surface area contributed by atoms with Crippen molar-refractivity contribution in [3.05, 3.63) is 47.5 Å². The zero-order chi connectivity index (χ0) is 26.4. The molecule has 2 aliphatic rings. The summed E-state index contributed by atoms with van der Waals surface area (Å²) in [5, 5.41) is 6.62. The first kappa shape index (κ1) is 27.9. The lowest BCUT2D eigenvalue weighted by Gasteiger charge is -2.35. The van der Waals surface area contributed by atoms with Crippen LogP contribution >= 0.6 is 12.1 Å². The van der Waals surface area contributed by atoms with Crippen LogP contribution in [-0.4, -0.2) is 63.0 Å². The molecule has 8 nitrogen and oxygen atoms in total. The number of benzene rings is 1. The smallest absolute Gasteiger partial charge is 0.245 e. The quantitative estimate of drug-likeness (QED) is 0.439. The van der Waals surface area contributed by atoms with E-state index in [1.165, 1.54) is 22.9 Å². The summed E-state index contributed by atoms with van der Waals surface area (Å²) in [6, 6.07) is 1.54. The molecule has 1 aromatic heterocycles. The lowest BCUT2D eigenvalue weighted by molar-refractivity contribution is -0.132. The molecule has 3 atom stereocenters. The minimum absolute atomic E-state index is 0.0200. The van der Waals surface area contributed by atoms with E-state index in [0.29, 0.717) is 37.6 Å². The second-order valence-electron chi connectivity index (χ2n) is 9.19. The number of aryl methyl sites for hydroxylation is 1. The fourth-order valence-corrected chi connectivity index (χ4v) is 5.47. The maximum absolute atomic E-state index is 13.7. The molecule has 0 aliphatic carbocycles. The van der Waals surface area contributed by atoms with Gasteiger partial charge in [0.1, 0.15) is 17.5 Å². The monoisotopic (exact) mass is 526 g/mol. The van der Waals surface area contributed by atoms with Crippen molar-refractivity contribution in [1.82, 2.24) is 24.3 Å². The van der Waals surface area contributed by atoms with E-state index >= 15 is 0 Å². The van der Waals surface area contributed by atoms with Crippen LogP contribution in [-0.2, 0) is 23.2 Å². The van der Waals surface area contributed by atoms with E-state index < -0.39 is 17.5 Å². The first-order valence-electron chi connectivity index (χ1n) is 11.9. The van der Waals surface area contributed by atoms with Gasteiger partial charge in [-0.2, -0.15) is 5.10 Å². The van der Waals surface area contributed by atoms with Gasteiger partial charge in [-0.15, -0.1) is 0 Å². The molecule has 1 aromatic carbocycles. The molecule has 1 N–H and O–H groups in total. The molecule has 12 heteroatoms. The van der Waals surface area contributed by atoms with E-state index in [2.05, 4.69) is 21.6 Å². The summed E-state index contributed by atoms with van der Waals surface area (Å²) in [6.07, 6.45) is 8.23. The molecular weight excluding hydrogens is 493 g/mol. The fraction of sp³-hybridized carbons (Fsp3) is 0.542. The second-order valence-corrected chi connectivity index (χ2v) is 10.4. The molecule has 0 radical (unpaired) electrons. The van der Waals surface area contributed by atoms with E-state index in [1.54, 1.807) is 22.8 Å². The number of amides is 2. The second kappa shape index (κ2) is 12.5. The van der Waals surface area contributed by atoms with Gasteiger partial charge in [-0.05, 0) is 33.1 Å². The predicted octanol–water partition coefficient (Wildman–Crippen LogP) is 3.63. The van der Waals surface area contributed by atoms with Gasteiger partial charge in [0.15, 0.2) is 11.6 Å². The van der Waals surface area contributed by atoms with Crippen molar-refractivity contribution in [2.45, 2.75) is 64.2 Å². The van der Waals surface area contributed by atoms with Crippen molar-refractivity contribution in [3.63, 3.8) is 0 Å². The van der Waals surface area contributed by atoms with Crippen molar-refractivity contribution in [1.29, 1.82) is 0 Å². The average Bonchev–Trinajstić information content (AvgIpc) is 3.33. The third-order valence-electron chi connectivity index (χ3n) is 6.34. The number of nitrogens with zero attached hydrogens (tertiary/aromatic N) is 5. The van der Waals surface area contributed by atoms with E-state index in [0.717, 1.165) is 24.9 Å². The predicted molar refractivity (Wildman–Crippen MR) is 133 cm³/mol. The molecule has 0 saturated carbocycles. The van der Waals surface area contributed by atoms with Gasteiger partial charge in [-0.25, -0.2) is 17.5 Å². The van der Waals surface area contributed by atoms with Gasteiger partial charge in [0, 0.05) is 75.3 Å². The highest BCUT2D eigenvalue weighted by molar-refractivity contribution is 7.98. The molecule has 0 spiro atoms. The number of carbonyl (C=O) groups is 2. The lowest BCUT2D eigenvalue weighted by atomic mass is 10.1. The summed E-state index contributed by atoms with van der Waals surface area (Å²) in [5.41, 5.74) is 0.795. The number of halogens is 3. The normalized spacial score (nSPS) is 22.2. The highest BCUT2D eigenvalue weighted by atomic mass is 32.2. The highest BCUT2D eigenvalue weighted by Gasteiger charge is 2.36. The van der Waals surface area contributed by atoms with E-state index in [-0.39, 0.29) is 23.7 Å². The summed E-state index contributed by atoms with van der Waals surface area (Å²) in [5.74, 6) is -2.67. The van der Waals surface area contributed by atoms with Gasteiger partial charge in [-0.3, -0.25) is 14.3 Å². The summed E-state index contributed by atoms with van der Waals surface area (Å²) in [7, 11) is 3.43. The number of aromatic nitrogens is 2. The van der Waals surface area contributed by atoms with E-state index in [9.17, 15) is 22.8 Å². The van der Waals surface area contributed by atoms with Gasteiger partial charge in [0.05, 0.1) is 6.20 Å². The average molecular weight is 527 g/mol. The van der Waals surface area contributed by atoms with Gasteiger partial charge in [0.2, 0.25) is 12.3 Å². The molecule has 2 amide bonds. The Balaban J connectivity index is 0.000000202. The summed E-state index contributed by atoms with van der Waals surface area (Å²) in [4.78, 5) is 24.2. The molecule has 2 saturated heterocycles. The molecule has 4 rings (SSSR count). The lowest BCUT2D eigenvalue weighted by Crippen LogP contribution is -2.38. The van der Waals surface area contributed by atoms with Crippen LogP contribution in [0, 0.1) is 17.5 Å². The highest BCUT2D eigenvalue weighted by Crippen LogP contribution is 2.33. The number of nitrogens with one attached hydrogen (secondary N) is 1. The number of anilines is 1. The summed E-state index contributed by atoms with van der Waals surface area (Å²) < 4.78 is 45.4. The Morgan fingerprint density at radius 3 is 2.47 bits per heavy atom. The van der Waals surface area contributed by atoms with Gasteiger partial charge in [0.25, 0.3) is 0 Å². The van der Waals surface area contributed by atoms with Crippen LogP contribution in [0.4, 0.5) is 18.9 Å². The van der Waals surface area contributed by atoms with Crippen LogP contribution < -0.4 is 9.62 Å². The molecule has 3 unspecified atom stereocenters. The summed E-state index contributed by atoms with van der Waals surface area (Å²) in [6.45, 7) is 5.52. The topological polar surface area (TPSA) is 73.7 Å². The Bertz CT molecular complexity index is 1030. The van der Waals surface area contributed by atoms with Crippen molar-refractivity contribution in [2.24, 2.45) is 7.05 Å². The largest absolute Gasteiger partial charge is 0.347 e. The number of rotatable bonds is 7. The molecule has 2 aliphatic heterocycles. The standard InChI is InChI=1S/C13H17F3N2S.C11H16N4O2/c1-9-5-3-4-6-18(9)19-17(2)13-11(15)7-10(14)8-12(13)16;1-8-3-10(12-7-16)11(17)15(8)6-9-4-13-14(2)5-9/h7-9H,3-6H2,1-2H3;4-5,7-8,10H,3,6H2,1-2H3,(H,12,16). The number of carbonyl (C=O) groups excluding carboxylic acids is 2. The van der Waals surface area contributed by atoms with Gasteiger partial charge >= 0.3 is 0 Å². The van der Waals surface area contributed by atoms with Crippen molar-refractivity contribution < 1.29 is 22.8 Å². The fourth-order valence-electron chi connectivity index (χ4n) is 4.42. The van der Waals surface area contributed by atoms with E-state index in [1.807, 2.05) is 20.2 Å². The molecule has 198 valence electrons. The molecule has 0 bridgehead atoms. The molecule has 2 fully saturated rings. The maximum atomic E-state index is 13.7. The number of likely N-dealkylation sites (tertiary alicyclic amines) is 1. The van der Waals surface area contributed by atoms with Crippen LogP contribution in [0.25, 0.3) is 0 Å². The molecule has 36 heavy (non-hydrogen) atoms. The maximum Gasteiger partial charge on any atom is 0.245 e. The first-order valence-corrected chi connectivity index (χ1v) is 12.6. The van der Waals surface area contributed by atoms with Crippen molar-refractivity contribution in [2.75, 3.05) is 17.9 Å².